The van der Waals surface area contributed by atoms with E-state index in [0.717, 1.165) is 0 Å². The first kappa shape index (κ1) is 20.3. The largest absolute Gasteiger partial charge is 0.471 e. The lowest BCUT2D eigenvalue weighted by Gasteiger charge is -2.42. The molecular weight excluding hydrogens is 392 g/mol. The van der Waals surface area contributed by atoms with Gasteiger partial charge in [-0.3, -0.25) is 4.79 Å². The Labute approximate surface area is 165 Å². The van der Waals surface area contributed by atoms with Crippen LogP contribution in [0.2, 0.25) is 0 Å². The minimum Gasteiger partial charge on any atom is -0.471 e. The number of aliphatic hydroxyl groups is 4. The highest BCUT2D eigenvalue weighted by Crippen LogP contribution is 2.49. The van der Waals surface area contributed by atoms with E-state index in [4.69, 9.17) is 23.7 Å². The van der Waals surface area contributed by atoms with Crippen molar-refractivity contribution in [3.63, 3.8) is 0 Å². The van der Waals surface area contributed by atoms with Crippen LogP contribution in [0.3, 0.4) is 0 Å². The van der Waals surface area contributed by atoms with Gasteiger partial charge in [0.05, 0.1) is 24.4 Å². The highest BCUT2D eigenvalue weighted by Gasteiger charge is 2.56. The molecule has 2 saturated heterocycles. The van der Waals surface area contributed by atoms with E-state index < -0.39 is 66.9 Å². The van der Waals surface area contributed by atoms with E-state index in [2.05, 4.69) is 0 Å². The highest BCUT2D eigenvalue weighted by molar-refractivity contribution is 5.92. The number of aliphatic hydroxyl groups excluding tert-OH is 4. The van der Waals surface area contributed by atoms with Gasteiger partial charge in [0.1, 0.15) is 37.1 Å². The van der Waals surface area contributed by atoms with Crippen molar-refractivity contribution in [1.29, 1.82) is 0 Å². The summed E-state index contributed by atoms with van der Waals surface area (Å²) in [5, 5.41) is 40.1. The first-order chi connectivity index (χ1) is 13.8. The molecule has 0 aromatic rings. The minimum absolute atomic E-state index is 0.309. The van der Waals surface area contributed by atoms with Crippen LogP contribution in [0, 0.1) is 11.8 Å². The van der Waals surface area contributed by atoms with E-state index >= 15 is 0 Å². The molecule has 11 heteroatoms. The molecule has 0 aromatic carbocycles. The molecule has 29 heavy (non-hydrogen) atoms. The summed E-state index contributed by atoms with van der Waals surface area (Å²) in [5.41, 5.74) is 0.873. The SMILES string of the molecule is CC(=O)OCC1OC(OC2OC=C3C(=O)OC4C=C(CO)C2C34)C(O)C(O)C1O. The highest BCUT2D eigenvalue weighted by atomic mass is 16.8. The molecule has 4 N–H and O–H groups in total. The van der Waals surface area contributed by atoms with Gasteiger partial charge in [0, 0.05) is 12.8 Å². The van der Waals surface area contributed by atoms with Crippen molar-refractivity contribution in [1.82, 2.24) is 0 Å². The second-order valence-electron chi connectivity index (χ2n) is 7.35. The topological polar surface area (TPSA) is 161 Å². The Morgan fingerprint density at radius 3 is 2.59 bits per heavy atom. The van der Waals surface area contributed by atoms with Gasteiger partial charge in [-0.1, -0.05) is 0 Å². The Hall–Kier alpha value is -2.02. The second kappa shape index (κ2) is 7.67. The standard InChI is InChI=1S/C18H22O11/c1-6(20)25-5-10-13(21)14(22)15(23)18(28-10)29-17-11-7(3-19)2-9-12(11)8(4-26-17)16(24)27-9/h2,4,9-15,17-19,21-23H,3,5H2,1H3. The number of carbonyl (C=O) groups is 2. The monoisotopic (exact) mass is 414 g/mol. The number of hydrogen-bond donors (Lipinski definition) is 4. The number of ether oxygens (including phenoxy) is 5. The average Bonchev–Trinajstić information content (AvgIpc) is 3.21. The Morgan fingerprint density at radius 2 is 1.90 bits per heavy atom. The molecule has 0 aromatic heterocycles. The zero-order valence-electron chi connectivity index (χ0n) is 15.4. The van der Waals surface area contributed by atoms with Crippen molar-refractivity contribution >= 4 is 11.9 Å². The lowest BCUT2D eigenvalue weighted by atomic mass is 9.84. The molecule has 0 radical (unpaired) electrons. The van der Waals surface area contributed by atoms with E-state index in [0.29, 0.717) is 11.1 Å². The maximum absolute atomic E-state index is 11.9. The van der Waals surface area contributed by atoms with E-state index in [1.807, 2.05) is 0 Å². The summed E-state index contributed by atoms with van der Waals surface area (Å²) in [6, 6.07) is 0. The second-order valence-corrected chi connectivity index (χ2v) is 7.35. The predicted octanol–water partition coefficient (Wildman–Crippen LogP) is -2.30. The van der Waals surface area contributed by atoms with E-state index in [1.165, 1.54) is 13.2 Å². The van der Waals surface area contributed by atoms with Crippen LogP contribution in [0.25, 0.3) is 0 Å². The smallest absolute Gasteiger partial charge is 0.338 e. The maximum Gasteiger partial charge on any atom is 0.338 e. The number of hydrogen-bond acceptors (Lipinski definition) is 11. The fourth-order valence-electron chi connectivity index (χ4n) is 4.14. The lowest BCUT2D eigenvalue weighted by Crippen LogP contribution is -2.60. The zero-order chi connectivity index (χ0) is 20.9. The minimum atomic E-state index is -1.62. The van der Waals surface area contributed by atoms with Crippen LogP contribution in [-0.4, -0.2) is 88.7 Å². The van der Waals surface area contributed by atoms with E-state index in [9.17, 15) is 30.0 Å². The number of carbonyl (C=O) groups excluding carboxylic acids is 2. The summed E-state index contributed by atoms with van der Waals surface area (Å²) >= 11 is 0. The van der Waals surface area contributed by atoms with Gasteiger partial charge in [0.2, 0.25) is 6.29 Å². The van der Waals surface area contributed by atoms with Gasteiger partial charge >= 0.3 is 11.9 Å². The Kier molecular flexibility index (Phi) is 5.36. The molecule has 0 amide bonds. The molecule has 11 nitrogen and oxygen atoms in total. The summed E-state index contributed by atoms with van der Waals surface area (Å²) in [5.74, 6) is -2.09. The molecule has 9 atom stereocenters. The van der Waals surface area contributed by atoms with Crippen LogP contribution >= 0.6 is 0 Å². The van der Waals surface area contributed by atoms with Crippen LogP contribution in [0.5, 0.6) is 0 Å². The molecule has 4 aliphatic rings. The van der Waals surface area contributed by atoms with Crippen molar-refractivity contribution in [2.24, 2.45) is 11.8 Å². The van der Waals surface area contributed by atoms with Crippen LogP contribution in [0.15, 0.2) is 23.5 Å². The third-order valence-corrected chi connectivity index (χ3v) is 5.58. The first-order valence-corrected chi connectivity index (χ1v) is 9.18. The Bertz CT molecular complexity index is 746. The van der Waals surface area contributed by atoms with Crippen molar-refractivity contribution in [3.8, 4) is 0 Å². The third-order valence-electron chi connectivity index (χ3n) is 5.58. The lowest BCUT2D eigenvalue weighted by molar-refractivity contribution is -0.339. The van der Waals surface area contributed by atoms with Gasteiger partial charge in [-0.15, -0.1) is 0 Å². The molecule has 3 aliphatic heterocycles. The number of esters is 2. The summed E-state index contributed by atoms with van der Waals surface area (Å²) in [6.45, 7) is 0.517. The van der Waals surface area contributed by atoms with Gasteiger partial charge in [-0.25, -0.2) is 4.79 Å². The molecule has 2 fully saturated rings. The molecule has 1 aliphatic carbocycles. The zero-order valence-corrected chi connectivity index (χ0v) is 15.4. The maximum atomic E-state index is 11.9. The van der Waals surface area contributed by atoms with Gasteiger partial charge in [-0.2, -0.15) is 0 Å². The quantitative estimate of drug-likeness (QED) is 0.283. The molecular formula is C18H22O11. The Morgan fingerprint density at radius 1 is 1.14 bits per heavy atom. The van der Waals surface area contributed by atoms with Crippen molar-refractivity contribution in [3.05, 3.63) is 23.5 Å². The summed E-state index contributed by atoms with van der Waals surface area (Å²) in [4.78, 5) is 22.9. The molecule has 9 unspecified atom stereocenters. The normalized spacial score (nSPS) is 43.1. The average molecular weight is 414 g/mol. The van der Waals surface area contributed by atoms with Crippen molar-refractivity contribution in [2.75, 3.05) is 13.2 Å². The molecule has 160 valence electrons. The van der Waals surface area contributed by atoms with E-state index in [1.54, 1.807) is 6.08 Å². The van der Waals surface area contributed by atoms with Crippen LogP contribution in [0.1, 0.15) is 6.92 Å². The predicted molar refractivity (Wildman–Crippen MR) is 89.4 cm³/mol. The van der Waals surface area contributed by atoms with Gasteiger partial charge in [-0.05, 0) is 11.6 Å². The van der Waals surface area contributed by atoms with Crippen LogP contribution in [-0.2, 0) is 33.3 Å². The van der Waals surface area contributed by atoms with Crippen LogP contribution in [0.4, 0.5) is 0 Å². The summed E-state index contributed by atoms with van der Waals surface area (Å²) in [6.07, 6.45) is -6.05. The molecule has 3 heterocycles. The van der Waals surface area contributed by atoms with Gasteiger partial charge < -0.3 is 44.1 Å². The molecule has 0 bridgehead atoms. The molecule has 0 spiro atoms. The first-order valence-electron chi connectivity index (χ1n) is 9.18. The van der Waals surface area contributed by atoms with Gasteiger partial charge in [0.15, 0.2) is 6.29 Å². The third kappa shape index (κ3) is 3.43. The van der Waals surface area contributed by atoms with Gasteiger partial charge in [0.25, 0.3) is 0 Å². The van der Waals surface area contributed by atoms with Crippen molar-refractivity contribution in [2.45, 2.75) is 50.0 Å². The summed E-state index contributed by atoms with van der Waals surface area (Å²) < 4.78 is 26.8. The molecule has 0 saturated carbocycles. The fraction of sp³-hybridized carbons (Fsp3) is 0.667. The van der Waals surface area contributed by atoms with E-state index in [-0.39, 0.29) is 13.2 Å². The van der Waals surface area contributed by atoms with Crippen LogP contribution < -0.4 is 0 Å². The Balaban J connectivity index is 1.52. The molecule has 4 rings (SSSR count). The fourth-order valence-corrected chi connectivity index (χ4v) is 4.14. The summed E-state index contributed by atoms with van der Waals surface area (Å²) in [7, 11) is 0. The number of rotatable bonds is 5. The van der Waals surface area contributed by atoms with Crippen molar-refractivity contribution < 1.29 is 53.7 Å².